The van der Waals surface area contributed by atoms with Crippen LogP contribution in [0.3, 0.4) is 0 Å². The van der Waals surface area contributed by atoms with Crippen molar-refractivity contribution < 1.29 is 0 Å². The van der Waals surface area contributed by atoms with Crippen LogP contribution in [-0.2, 0) is 6.42 Å². The molecule has 0 spiro atoms. The van der Waals surface area contributed by atoms with Gasteiger partial charge in [0.25, 0.3) is 0 Å². The molecule has 1 aromatic carbocycles. The van der Waals surface area contributed by atoms with Crippen molar-refractivity contribution in [2.24, 2.45) is 5.73 Å². The van der Waals surface area contributed by atoms with Crippen LogP contribution in [0.5, 0.6) is 0 Å². The van der Waals surface area contributed by atoms with E-state index in [0.29, 0.717) is 0 Å². The molecule has 0 amide bonds. The minimum atomic E-state index is 0.289. The summed E-state index contributed by atoms with van der Waals surface area (Å²) in [6.45, 7) is 0. The molecule has 2 N–H and O–H groups in total. The highest BCUT2D eigenvalue weighted by atomic mass is 79.9. The summed E-state index contributed by atoms with van der Waals surface area (Å²) in [7, 11) is 0. The van der Waals surface area contributed by atoms with Gasteiger partial charge in [-0.25, -0.2) is 0 Å². The number of rotatable bonds is 2. The highest BCUT2D eigenvalue weighted by Gasteiger charge is 2.11. The Morgan fingerprint density at radius 2 is 2.29 bits per heavy atom. The fourth-order valence-electron chi connectivity index (χ4n) is 1.88. The van der Waals surface area contributed by atoms with E-state index >= 15 is 0 Å². The van der Waals surface area contributed by atoms with Gasteiger partial charge in [-0.05, 0) is 37.0 Å². The molecule has 0 aromatic heterocycles. The van der Waals surface area contributed by atoms with Gasteiger partial charge in [-0.3, -0.25) is 0 Å². The zero-order valence-electron chi connectivity index (χ0n) is 8.04. The van der Waals surface area contributed by atoms with Gasteiger partial charge < -0.3 is 5.73 Å². The lowest BCUT2D eigenvalue weighted by Crippen LogP contribution is -2.11. The van der Waals surface area contributed by atoms with Gasteiger partial charge in [-0.1, -0.05) is 39.7 Å². The van der Waals surface area contributed by atoms with E-state index in [-0.39, 0.29) is 6.04 Å². The third-order valence-corrected chi connectivity index (χ3v) is 3.06. The monoisotopic (exact) mass is 251 g/mol. The SMILES string of the molecule is NC1C=C(Cc2cccc(Br)c2)CC1. The highest BCUT2D eigenvalue weighted by molar-refractivity contribution is 9.10. The topological polar surface area (TPSA) is 26.0 Å². The molecular formula is C12H14BrN. The molecular weight excluding hydrogens is 238 g/mol. The van der Waals surface area contributed by atoms with Crippen LogP contribution in [0.4, 0.5) is 0 Å². The zero-order chi connectivity index (χ0) is 9.97. The molecule has 0 saturated carbocycles. The first-order chi connectivity index (χ1) is 6.74. The fourth-order valence-corrected chi connectivity index (χ4v) is 2.32. The van der Waals surface area contributed by atoms with E-state index in [0.717, 1.165) is 23.7 Å². The van der Waals surface area contributed by atoms with Crippen LogP contribution in [0.25, 0.3) is 0 Å². The van der Waals surface area contributed by atoms with Gasteiger partial charge in [0.1, 0.15) is 0 Å². The third-order valence-electron chi connectivity index (χ3n) is 2.57. The molecule has 1 atom stereocenters. The van der Waals surface area contributed by atoms with E-state index in [1.807, 2.05) is 0 Å². The number of nitrogens with two attached hydrogens (primary N) is 1. The lowest BCUT2D eigenvalue weighted by atomic mass is 10.1. The Morgan fingerprint density at radius 3 is 2.93 bits per heavy atom. The zero-order valence-corrected chi connectivity index (χ0v) is 9.63. The van der Waals surface area contributed by atoms with Crippen molar-refractivity contribution in [3.63, 3.8) is 0 Å². The smallest absolute Gasteiger partial charge is 0.0229 e. The summed E-state index contributed by atoms with van der Waals surface area (Å²) in [4.78, 5) is 0. The van der Waals surface area contributed by atoms with Gasteiger partial charge >= 0.3 is 0 Å². The quantitative estimate of drug-likeness (QED) is 0.804. The van der Waals surface area contributed by atoms with Crippen molar-refractivity contribution in [1.29, 1.82) is 0 Å². The second-order valence-electron chi connectivity index (χ2n) is 3.83. The maximum Gasteiger partial charge on any atom is 0.0229 e. The standard InChI is InChI=1S/C12H14BrN/c13-11-3-1-2-9(7-11)6-10-4-5-12(14)8-10/h1-3,7-8,12H,4-6,14H2. The van der Waals surface area contributed by atoms with E-state index < -0.39 is 0 Å². The summed E-state index contributed by atoms with van der Waals surface area (Å²) >= 11 is 3.48. The molecule has 0 fully saturated rings. The van der Waals surface area contributed by atoms with Gasteiger partial charge in [0.2, 0.25) is 0 Å². The van der Waals surface area contributed by atoms with Crippen LogP contribution in [0, 0.1) is 0 Å². The third kappa shape index (κ3) is 2.46. The lowest BCUT2D eigenvalue weighted by Gasteiger charge is -2.02. The largest absolute Gasteiger partial charge is 0.324 e. The summed E-state index contributed by atoms with van der Waals surface area (Å²) in [5.74, 6) is 0. The van der Waals surface area contributed by atoms with Gasteiger partial charge in [0, 0.05) is 10.5 Å². The Kier molecular flexibility index (Phi) is 3.04. The second kappa shape index (κ2) is 4.28. The van der Waals surface area contributed by atoms with Crippen molar-refractivity contribution in [2.75, 3.05) is 0 Å². The van der Waals surface area contributed by atoms with E-state index in [2.05, 4.69) is 46.3 Å². The van der Waals surface area contributed by atoms with Gasteiger partial charge in [0.05, 0.1) is 0 Å². The molecule has 0 bridgehead atoms. The van der Waals surface area contributed by atoms with Crippen LogP contribution in [0.2, 0.25) is 0 Å². The first kappa shape index (κ1) is 9.94. The van der Waals surface area contributed by atoms with Crippen molar-refractivity contribution in [1.82, 2.24) is 0 Å². The number of benzene rings is 1. The summed E-state index contributed by atoms with van der Waals surface area (Å²) < 4.78 is 1.15. The minimum Gasteiger partial charge on any atom is -0.324 e. The molecule has 1 unspecified atom stereocenters. The van der Waals surface area contributed by atoms with E-state index in [9.17, 15) is 0 Å². The van der Waals surface area contributed by atoms with Crippen LogP contribution in [-0.4, -0.2) is 6.04 Å². The van der Waals surface area contributed by atoms with Crippen LogP contribution in [0.1, 0.15) is 18.4 Å². The normalized spacial score (nSPS) is 21.0. The fraction of sp³-hybridized carbons (Fsp3) is 0.333. The molecule has 0 radical (unpaired) electrons. The number of allylic oxidation sites excluding steroid dienone is 1. The van der Waals surface area contributed by atoms with Crippen molar-refractivity contribution in [3.05, 3.63) is 46.0 Å². The maximum absolute atomic E-state index is 5.82. The molecule has 1 aromatic rings. The Balaban J connectivity index is 2.08. The maximum atomic E-state index is 5.82. The van der Waals surface area contributed by atoms with Crippen molar-refractivity contribution in [2.45, 2.75) is 25.3 Å². The van der Waals surface area contributed by atoms with E-state index in [1.54, 1.807) is 0 Å². The minimum absolute atomic E-state index is 0.289. The average Bonchev–Trinajstić information content (AvgIpc) is 2.51. The molecule has 2 heteroatoms. The Hall–Kier alpha value is -0.600. The molecule has 0 saturated heterocycles. The van der Waals surface area contributed by atoms with Crippen molar-refractivity contribution >= 4 is 15.9 Å². The Bertz CT molecular complexity index is 357. The number of hydrogen-bond acceptors (Lipinski definition) is 1. The van der Waals surface area contributed by atoms with Crippen LogP contribution < -0.4 is 5.73 Å². The van der Waals surface area contributed by atoms with Crippen LogP contribution >= 0.6 is 15.9 Å². The molecule has 1 nitrogen and oxygen atoms in total. The van der Waals surface area contributed by atoms with Crippen molar-refractivity contribution in [3.8, 4) is 0 Å². The average molecular weight is 252 g/mol. The highest BCUT2D eigenvalue weighted by Crippen LogP contribution is 2.22. The summed E-state index contributed by atoms with van der Waals surface area (Å²) in [5, 5.41) is 0. The second-order valence-corrected chi connectivity index (χ2v) is 4.75. The molecule has 74 valence electrons. The Labute approximate surface area is 93.1 Å². The summed E-state index contributed by atoms with van der Waals surface area (Å²) in [6, 6.07) is 8.75. The number of halogens is 1. The molecule has 0 heterocycles. The predicted molar refractivity (Wildman–Crippen MR) is 63.1 cm³/mol. The molecule has 1 aliphatic rings. The van der Waals surface area contributed by atoms with Gasteiger partial charge in [-0.15, -0.1) is 0 Å². The molecule has 2 rings (SSSR count). The molecule has 14 heavy (non-hydrogen) atoms. The summed E-state index contributed by atoms with van der Waals surface area (Å²) in [6.07, 6.45) is 5.53. The molecule has 1 aliphatic carbocycles. The first-order valence-corrected chi connectivity index (χ1v) is 5.73. The number of hydrogen-bond donors (Lipinski definition) is 1. The van der Waals surface area contributed by atoms with Gasteiger partial charge in [-0.2, -0.15) is 0 Å². The summed E-state index contributed by atoms with van der Waals surface area (Å²) in [5.41, 5.74) is 8.67. The molecule has 0 aliphatic heterocycles. The van der Waals surface area contributed by atoms with E-state index in [4.69, 9.17) is 5.73 Å². The lowest BCUT2D eigenvalue weighted by molar-refractivity contribution is 0.770. The first-order valence-electron chi connectivity index (χ1n) is 4.93. The predicted octanol–water partition coefficient (Wildman–Crippen LogP) is 3.04. The van der Waals surface area contributed by atoms with Gasteiger partial charge in [0.15, 0.2) is 0 Å². The Morgan fingerprint density at radius 1 is 1.43 bits per heavy atom. The van der Waals surface area contributed by atoms with Crippen LogP contribution in [0.15, 0.2) is 40.4 Å². The van der Waals surface area contributed by atoms with E-state index in [1.165, 1.54) is 11.1 Å².